The third kappa shape index (κ3) is 3.03. The number of pyridine rings is 1. The number of benzene rings is 2. The minimum absolute atomic E-state index is 0.195. The monoisotopic (exact) mass is 278 g/mol. The molecule has 0 saturated carbocycles. The van der Waals surface area contributed by atoms with E-state index in [1.165, 1.54) is 22.5 Å². The summed E-state index contributed by atoms with van der Waals surface area (Å²) in [4.78, 5) is 4.19. The zero-order valence-electron chi connectivity index (χ0n) is 12.0. The van der Waals surface area contributed by atoms with Gasteiger partial charge in [0.2, 0.25) is 0 Å². The van der Waals surface area contributed by atoms with Crippen LogP contribution in [0.5, 0.6) is 5.75 Å². The Morgan fingerprint density at radius 1 is 1.05 bits per heavy atom. The first-order chi connectivity index (χ1) is 10.2. The Balaban J connectivity index is 1.78. The first-order valence-corrected chi connectivity index (χ1v) is 7.09. The van der Waals surface area contributed by atoms with Gasteiger partial charge in [0, 0.05) is 12.6 Å². The van der Waals surface area contributed by atoms with Gasteiger partial charge in [0.1, 0.15) is 5.75 Å². The van der Waals surface area contributed by atoms with Crippen molar-refractivity contribution in [2.75, 3.05) is 0 Å². The summed E-state index contributed by atoms with van der Waals surface area (Å²) in [6, 6.07) is 18.5. The normalized spacial score (nSPS) is 12.4. The molecule has 0 radical (unpaired) electrons. The van der Waals surface area contributed by atoms with Crippen LogP contribution in [-0.2, 0) is 6.54 Å². The smallest absolute Gasteiger partial charge is 0.133 e. The summed E-state index contributed by atoms with van der Waals surface area (Å²) in [5, 5.41) is 15.3. The van der Waals surface area contributed by atoms with Crippen LogP contribution in [-0.4, -0.2) is 10.1 Å². The molecule has 0 saturated heterocycles. The molecule has 3 aromatic rings. The summed E-state index contributed by atoms with van der Waals surface area (Å²) in [7, 11) is 0. The second kappa shape index (κ2) is 5.94. The highest BCUT2D eigenvalue weighted by molar-refractivity contribution is 5.86. The summed E-state index contributed by atoms with van der Waals surface area (Å²) < 4.78 is 0. The Morgan fingerprint density at radius 3 is 2.67 bits per heavy atom. The number of aromatic nitrogens is 1. The van der Waals surface area contributed by atoms with Crippen molar-refractivity contribution in [3.63, 3.8) is 0 Å². The van der Waals surface area contributed by atoms with Crippen LogP contribution in [0.2, 0.25) is 0 Å². The number of fused-ring (bicyclic) bond motifs is 1. The molecule has 0 fully saturated rings. The molecule has 0 spiro atoms. The maximum absolute atomic E-state index is 9.25. The van der Waals surface area contributed by atoms with Crippen molar-refractivity contribution in [3.8, 4) is 5.75 Å². The second-order valence-corrected chi connectivity index (χ2v) is 5.18. The summed E-state index contributed by atoms with van der Waals surface area (Å²) in [5.74, 6) is 0.195. The minimum atomic E-state index is 0.195. The van der Waals surface area contributed by atoms with E-state index in [1.54, 1.807) is 6.07 Å². The number of nitrogens with one attached hydrogen (secondary N) is 1. The number of nitrogens with zero attached hydrogens (tertiary/aromatic N) is 1. The number of rotatable bonds is 4. The van der Waals surface area contributed by atoms with E-state index in [0.717, 1.165) is 5.69 Å². The van der Waals surface area contributed by atoms with Crippen LogP contribution in [0.15, 0.2) is 60.8 Å². The Bertz CT molecular complexity index is 732. The molecule has 3 rings (SSSR count). The Morgan fingerprint density at radius 2 is 1.86 bits per heavy atom. The molecule has 106 valence electrons. The van der Waals surface area contributed by atoms with Gasteiger partial charge in [-0.15, -0.1) is 0 Å². The lowest BCUT2D eigenvalue weighted by Gasteiger charge is -2.16. The fraction of sp³-hybridized carbons (Fsp3) is 0.167. The van der Waals surface area contributed by atoms with Gasteiger partial charge < -0.3 is 10.4 Å². The average molecular weight is 278 g/mol. The first-order valence-electron chi connectivity index (χ1n) is 7.09. The largest absolute Gasteiger partial charge is 0.506 e. The molecule has 0 aliphatic carbocycles. The topological polar surface area (TPSA) is 45.1 Å². The van der Waals surface area contributed by atoms with Crippen molar-refractivity contribution in [2.24, 2.45) is 0 Å². The highest BCUT2D eigenvalue weighted by atomic mass is 16.3. The molecule has 0 aliphatic heterocycles. The molecular formula is C18H18N2O. The lowest BCUT2D eigenvalue weighted by Crippen LogP contribution is -2.18. The highest BCUT2D eigenvalue weighted by Crippen LogP contribution is 2.24. The van der Waals surface area contributed by atoms with Crippen LogP contribution in [0, 0.1) is 0 Å². The number of hydrogen-bond donors (Lipinski definition) is 2. The van der Waals surface area contributed by atoms with E-state index in [2.05, 4.69) is 59.7 Å². The third-order valence-electron chi connectivity index (χ3n) is 3.69. The second-order valence-electron chi connectivity index (χ2n) is 5.18. The van der Waals surface area contributed by atoms with Gasteiger partial charge in [-0.3, -0.25) is 4.98 Å². The Labute approximate surface area is 124 Å². The summed E-state index contributed by atoms with van der Waals surface area (Å²) >= 11 is 0. The van der Waals surface area contributed by atoms with Crippen molar-refractivity contribution in [1.29, 1.82) is 0 Å². The van der Waals surface area contributed by atoms with E-state index in [4.69, 9.17) is 0 Å². The van der Waals surface area contributed by atoms with Crippen LogP contribution in [0.1, 0.15) is 24.2 Å². The maximum Gasteiger partial charge on any atom is 0.133 e. The van der Waals surface area contributed by atoms with Gasteiger partial charge in [-0.2, -0.15) is 0 Å². The molecule has 21 heavy (non-hydrogen) atoms. The van der Waals surface area contributed by atoms with E-state index in [1.807, 2.05) is 6.07 Å². The molecule has 1 atom stereocenters. The van der Waals surface area contributed by atoms with Crippen LogP contribution in [0.25, 0.3) is 10.8 Å². The van der Waals surface area contributed by atoms with E-state index in [-0.39, 0.29) is 11.8 Å². The van der Waals surface area contributed by atoms with Gasteiger partial charge in [-0.25, -0.2) is 0 Å². The van der Waals surface area contributed by atoms with Gasteiger partial charge in [0.15, 0.2) is 0 Å². The van der Waals surface area contributed by atoms with Crippen LogP contribution >= 0.6 is 0 Å². The predicted octanol–water partition coefficient (Wildman–Crippen LogP) is 3.79. The molecule has 0 aliphatic rings. The molecule has 0 amide bonds. The van der Waals surface area contributed by atoms with Gasteiger partial charge in [0.25, 0.3) is 0 Å². The van der Waals surface area contributed by atoms with Crippen LogP contribution < -0.4 is 5.32 Å². The molecule has 1 aromatic heterocycles. The van der Waals surface area contributed by atoms with E-state index >= 15 is 0 Å². The number of hydrogen-bond acceptors (Lipinski definition) is 3. The standard InChI is InChI=1S/C18H18N2O/c1-13(19-11-15-9-10-16(21)12-20-15)17-8-4-6-14-5-2-3-7-18(14)17/h2-10,12-13,19,21H,11H2,1H3. The fourth-order valence-corrected chi connectivity index (χ4v) is 2.52. The molecule has 3 heteroatoms. The molecule has 0 bridgehead atoms. The first kappa shape index (κ1) is 13.6. The van der Waals surface area contributed by atoms with Crippen molar-refractivity contribution in [1.82, 2.24) is 10.3 Å². The maximum atomic E-state index is 9.25. The zero-order chi connectivity index (χ0) is 14.7. The molecule has 3 nitrogen and oxygen atoms in total. The molecule has 2 N–H and O–H groups in total. The molecule has 1 unspecified atom stereocenters. The van der Waals surface area contributed by atoms with Gasteiger partial charge in [-0.05, 0) is 35.4 Å². The molecule has 1 heterocycles. The summed E-state index contributed by atoms with van der Waals surface area (Å²) in [6.45, 7) is 2.83. The van der Waals surface area contributed by atoms with Gasteiger partial charge in [-0.1, -0.05) is 42.5 Å². The van der Waals surface area contributed by atoms with Crippen molar-refractivity contribution in [3.05, 3.63) is 72.1 Å². The van der Waals surface area contributed by atoms with Crippen molar-refractivity contribution in [2.45, 2.75) is 19.5 Å². The summed E-state index contributed by atoms with van der Waals surface area (Å²) in [5.41, 5.74) is 2.20. The quantitative estimate of drug-likeness (QED) is 0.763. The van der Waals surface area contributed by atoms with Gasteiger partial charge >= 0.3 is 0 Å². The zero-order valence-corrected chi connectivity index (χ0v) is 12.0. The van der Waals surface area contributed by atoms with Gasteiger partial charge in [0.05, 0.1) is 11.9 Å². The van der Waals surface area contributed by atoms with Crippen LogP contribution in [0.3, 0.4) is 0 Å². The predicted molar refractivity (Wildman–Crippen MR) is 85.1 cm³/mol. The lowest BCUT2D eigenvalue weighted by molar-refractivity contribution is 0.471. The van der Waals surface area contributed by atoms with Crippen LogP contribution in [0.4, 0.5) is 0 Å². The third-order valence-corrected chi connectivity index (χ3v) is 3.69. The lowest BCUT2D eigenvalue weighted by atomic mass is 10.00. The fourth-order valence-electron chi connectivity index (χ4n) is 2.52. The SMILES string of the molecule is CC(NCc1ccc(O)cn1)c1cccc2ccccc12. The molecular weight excluding hydrogens is 260 g/mol. The van der Waals surface area contributed by atoms with E-state index in [9.17, 15) is 5.11 Å². The summed E-state index contributed by atoms with van der Waals surface area (Å²) in [6.07, 6.45) is 1.47. The van der Waals surface area contributed by atoms with E-state index in [0.29, 0.717) is 6.54 Å². The Hall–Kier alpha value is -2.39. The van der Waals surface area contributed by atoms with E-state index < -0.39 is 0 Å². The minimum Gasteiger partial charge on any atom is -0.506 e. The van der Waals surface area contributed by atoms with Crippen molar-refractivity contribution >= 4 is 10.8 Å². The number of aromatic hydroxyl groups is 1. The Kier molecular flexibility index (Phi) is 3.84. The average Bonchev–Trinajstić information content (AvgIpc) is 2.53. The molecule has 2 aromatic carbocycles. The highest BCUT2D eigenvalue weighted by Gasteiger charge is 2.08. The van der Waals surface area contributed by atoms with Crippen molar-refractivity contribution < 1.29 is 5.11 Å².